The molecular formula is C17H24N2O4. The van der Waals surface area contributed by atoms with E-state index in [0.717, 1.165) is 31.2 Å². The van der Waals surface area contributed by atoms with Crippen LogP contribution in [0, 0.1) is 0 Å². The van der Waals surface area contributed by atoms with Gasteiger partial charge >= 0.3 is 12.1 Å². The van der Waals surface area contributed by atoms with E-state index >= 15 is 0 Å². The molecule has 0 radical (unpaired) electrons. The van der Waals surface area contributed by atoms with Crippen LogP contribution >= 0.6 is 0 Å². The summed E-state index contributed by atoms with van der Waals surface area (Å²) in [5.74, 6) is -0.886. The number of carbonyl (C=O) groups excluding carboxylic acids is 1. The van der Waals surface area contributed by atoms with Crippen LogP contribution in [0.5, 0.6) is 0 Å². The molecule has 1 aromatic rings. The van der Waals surface area contributed by atoms with Crippen molar-refractivity contribution >= 4 is 12.1 Å². The molecule has 1 fully saturated rings. The van der Waals surface area contributed by atoms with Crippen molar-refractivity contribution in [1.82, 2.24) is 10.2 Å². The van der Waals surface area contributed by atoms with Crippen LogP contribution in [-0.4, -0.2) is 47.7 Å². The Balaban J connectivity index is 1.89. The highest BCUT2D eigenvalue weighted by molar-refractivity contribution is 5.69. The number of hydrogen-bond donors (Lipinski definition) is 2. The van der Waals surface area contributed by atoms with E-state index in [1.54, 1.807) is 11.9 Å². The molecule has 0 heterocycles. The number of benzene rings is 1. The first kappa shape index (κ1) is 17.3. The lowest BCUT2D eigenvalue weighted by atomic mass is 9.89. The van der Waals surface area contributed by atoms with Gasteiger partial charge in [0, 0.05) is 13.1 Å². The highest BCUT2D eigenvalue weighted by Gasteiger charge is 2.31. The molecule has 6 nitrogen and oxygen atoms in total. The fourth-order valence-corrected chi connectivity index (χ4v) is 2.99. The van der Waals surface area contributed by atoms with Gasteiger partial charge < -0.3 is 20.1 Å². The quantitative estimate of drug-likeness (QED) is 0.840. The number of nitrogens with zero attached hydrogens (tertiary/aromatic N) is 1. The third-order valence-corrected chi connectivity index (χ3v) is 4.24. The van der Waals surface area contributed by atoms with Crippen molar-refractivity contribution in [2.24, 2.45) is 0 Å². The van der Waals surface area contributed by atoms with Crippen LogP contribution < -0.4 is 5.32 Å². The number of aliphatic carboxylic acids is 1. The van der Waals surface area contributed by atoms with Gasteiger partial charge in [0.25, 0.3) is 0 Å². The topological polar surface area (TPSA) is 78.9 Å². The summed E-state index contributed by atoms with van der Waals surface area (Å²) in [5, 5.41) is 11.9. The Kier molecular flexibility index (Phi) is 6.40. The molecule has 0 spiro atoms. The second-order valence-electron chi connectivity index (χ2n) is 5.88. The van der Waals surface area contributed by atoms with Crippen molar-refractivity contribution in [1.29, 1.82) is 0 Å². The van der Waals surface area contributed by atoms with Gasteiger partial charge in [-0.1, -0.05) is 43.2 Å². The van der Waals surface area contributed by atoms with Crippen molar-refractivity contribution in [3.63, 3.8) is 0 Å². The number of amides is 1. The molecule has 1 aliphatic rings. The molecule has 1 amide bonds. The number of hydrogen-bond acceptors (Lipinski definition) is 4. The normalized spacial score (nSPS) is 20.7. The number of carboxylic acid groups (broad SMARTS) is 1. The molecule has 6 heteroatoms. The molecule has 0 saturated heterocycles. The first-order valence-electron chi connectivity index (χ1n) is 7.96. The highest BCUT2D eigenvalue weighted by Crippen LogP contribution is 2.23. The summed E-state index contributed by atoms with van der Waals surface area (Å²) in [7, 11) is 1.72. The maximum absolute atomic E-state index is 12.3. The number of carboxylic acids is 1. The molecule has 1 saturated carbocycles. The van der Waals surface area contributed by atoms with E-state index in [-0.39, 0.29) is 31.3 Å². The molecule has 0 aliphatic heterocycles. The monoisotopic (exact) mass is 320 g/mol. The number of ether oxygens (including phenoxy) is 1. The largest absolute Gasteiger partial charge is 0.480 e. The zero-order valence-corrected chi connectivity index (χ0v) is 13.4. The second-order valence-corrected chi connectivity index (χ2v) is 5.88. The maximum Gasteiger partial charge on any atom is 0.410 e. The van der Waals surface area contributed by atoms with Crippen LogP contribution in [0.4, 0.5) is 4.79 Å². The van der Waals surface area contributed by atoms with Crippen molar-refractivity contribution < 1.29 is 19.4 Å². The van der Waals surface area contributed by atoms with Gasteiger partial charge in [0.1, 0.15) is 6.61 Å². The Labute approximate surface area is 136 Å². The van der Waals surface area contributed by atoms with Crippen LogP contribution in [0.2, 0.25) is 0 Å². The molecule has 2 rings (SSSR count). The number of nitrogens with one attached hydrogen (secondary N) is 1. The van der Waals surface area contributed by atoms with Gasteiger partial charge in [-0.05, 0) is 18.4 Å². The van der Waals surface area contributed by atoms with Gasteiger partial charge in [0.05, 0.1) is 12.6 Å². The zero-order chi connectivity index (χ0) is 16.7. The smallest absolute Gasteiger partial charge is 0.410 e. The van der Waals surface area contributed by atoms with Crippen molar-refractivity contribution in [3.05, 3.63) is 35.9 Å². The van der Waals surface area contributed by atoms with Crippen molar-refractivity contribution in [2.45, 2.75) is 44.4 Å². The van der Waals surface area contributed by atoms with E-state index < -0.39 is 5.97 Å². The van der Waals surface area contributed by atoms with E-state index in [4.69, 9.17) is 9.84 Å². The Morgan fingerprint density at radius 1 is 1.26 bits per heavy atom. The van der Waals surface area contributed by atoms with Crippen LogP contribution in [0.3, 0.4) is 0 Å². The summed E-state index contributed by atoms with van der Waals surface area (Å²) in [6.07, 6.45) is 3.43. The van der Waals surface area contributed by atoms with Crippen LogP contribution in [0.25, 0.3) is 0 Å². The fourth-order valence-electron chi connectivity index (χ4n) is 2.99. The predicted octanol–water partition coefficient (Wildman–Crippen LogP) is 2.24. The number of rotatable bonds is 6. The zero-order valence-electron chi connectivity index (χ0n) is 13.4. The Hall–Kier alpha value is -2.08. The molecular weight excluding hydrogens is 296 g/mol. The minimum atomic E-state index is -0.886. The van der Waals surface area contributed by atoms with E-state index in [9.17, 15) is 9.59 Å². The number of likely N-dealkylation sites (N-methyl/N-ethyl adjacent to an activating group) is 1. The molecule has 1 aromatic carbocycles. The summed E-state index contributed by atoms with van der Waals surface area (Å²) >= 11 is 0. The molecule has 1 aliphatic carbocycles. The first-order chi connectivity index (χ1) is 11.1. The second kappa shape index (κ2) is 8.53. The average molecular weight is 320 g/mol. The van der Waals surface area contributed by atoms with Crippen LogP contribution in [-0.2, 0) is 16.1 Å². The molecule has 0 aromatic heterocycles. The molecule has 2 atom stereocenters. The van der Waals surface area contributed by atoms with E-state index in [1.165, 1.54) is 0 Å². The van der Waals surface area contributed by atoms with E-state index in [2.05, 4.69) is 5.32 Å². The van der Waals surface area contributed by atoms with Crippen LogP contribution in [0.15, 0.2) is 30.3 Å². The van der Waals surface area contributed by atoms with Gasteiger partial charge in [0.2, 0.25) is 0 Å². The Morgan fingerprint density at radius 3 is 2.65 bits per heavy atom. The lowest BCUT2D eigenvalue weighted by Gasteiger charge is -2.37. The van der Waals surface area contributed by atoms with Crippen molar-refractivity contribution in [2.75, 3.05) is 13.6 Å². The van der Waals surface area contributed by atoms with Gasteiger partial charge in [-0.25, -0.2) is 4.79 Å². The van der Waals surface area contributed by atoms with E-state index in [1.807, 2.05) is 30.3 Å². The van der Waals surface area contributed by atoms with Gasteiger partial charge in [0.15, 0.2) is 0 Å². The average Bonchev–Trinajstić information content (AvgIpc) is 2.58. The van der Waals surface area contributed by atoms with E-state index in [0.29, 0.717) is 0 Å². The minimum Gasteiger partial charge on any atom is -0.480 e. The lowest BCUT2D eigenvalue weighted by molar-refractivity contribution is -0.136. The molecule has 23 heavy (non-hydrogen) atoms. The first-order valence-corrected chi connectivity index (χ1v) is 7.96. The fraction of sp³-hybridized carbons (Fsp3) is 0.529. The molecule has 126 valence electrons. The summed E-state index contributed by atoms with van der Waals surface area (Å²) in [5.41, 5.74) is 0.943. The molecule has 2 N–H and O–H groups in total. The molecule has 0 unspecified atom stereocenters. The third kappa shape index (κ3) is 5.25. The summed E-state index contributed by atoms with van der Waals surface area (Å²) in [6, 6.07) is 9.49. The van der Waals surface area contributed by atoms with Gasteiger partial charge in [-0.2, -0.15) is 0 Å². The van der Waals surface area contributed by atoms with Gasteiger partial charge in [-0.3, -0.25) is 4.79 Å². The predicted molar refractivity (Wildman–Crippen MR) is 86.1 cm³/mol. The lowest BCUT2D eigenvalue weighted by Crippen LogP contribution is -2.53. The Morgan fingerprint density at radius 2 is 1.96 bits per heavy atom. The summed E-state index contributed by atoms with van der Waals surface area (Å²) in [6.45, 7) is 0.151. The van der Waals surface area contributed by atoms with Crippen LogP contribution in [0.1, 0.15) is 31.2 Å². The number of carbonyl (C=O) groups is 2. The maximum atomic E-state index is 12.3. The third-order valence-electron chi connectivity index (χ3n) is 4.24. The summed E-state index contributed by atoms with van der Waals surface area (Å²) in [4.78, 5) is 24.6. The summed E-state index contributed by atoms with van der Waals surface area (Å²) < 4.78 is 5.36. The van der Waals surface area contributed by atoms with Gasteiger partial charge in [-0.15, -0.1) is 0 Å². The molecule has 0 bridgehead atoms. The standard InChI is InChI=1S/C17H24N2O4/c1-19(17(22)23-12-13-7-3-2-4-8-13)15-10-6-5-9-14(15)18-11-16(20)21/h2-4,7-8,14-15,18H,5-6,9-12H2,1H3,(H,20,21)/t14-,15-/m0/s1. The Bertz CT molecular complexity index is 521. The highest BCUT2D eigenvalue weighted by atomic mass is 16.6. The SMILES string of the molecule is CN(C(=O)OCc1ccccc1)[C@H]1CCCC[C@@H]1NCC(=O)O. The van der Waals surface area contributed by atoms with Crippen molar-refractivity contribution in [3.8, 4) is 0 Å². The minimum absolute atomic E-state index is 0.00544.